The summed E-state index contributed by atoms with van der Waals surface area (Å²) in [6.07, 6.45) is 1.11. The average Bonchev–Trinajstić information content (AvgIpc) is 3.31. The van der Waals surface area contributed by atoms with Crippen molar-refractivity contribution < 1.29 is 0 Å². The fourth-order valence-electron chi connectivity index (χ4n) is 4.26. The van der Waals surface area contributed by atoms with E-state index in [1.807, 2.05) is 0 Å². The molecule has 0 heterocycles. The lowest BCUT2D eigenvalue weighted by Crippen LogP contribution is -2.07. The Bertz CT molecular complexity index is 903. The lowest BCUT2D eigenvalue weighted by atomic mass is 9.90. The molecular formula is C26H24. The normalized spacial score (nSPS) is 21.2. The predicted octanol–water partition coefficient (Wildman–Crippen LogP) is 6.64. The minimum absolute atomic E-state index is 0.135. The van der Waals surface area contributed by atoms with Gasteiger partial charge in [0, 0.05) is 11.0 Å². The lowest BCUT2D eigenvalue weighted by molar-refractivity contribution is 0.615. The second kappa shape index (κ2) is 6.83. The van der Waals surface area contributed by atoms with Gasteiger partial charge in [0.2, 0.25) is 0 Å². The summed E-state index contributed by atoms with van der Waals surface area (Å²) in [6, 6.07) is 32.2. The Morgan fingerprint density at radius 2 is 1.23 bits per heavy atom. The third-order valence-electron chi connectivity index (χ3n) is 5.80. The molecule has 0 spiro atoms. The van der Waals surface area contributed by atoms with Gasteiger partial charge in [-0.3, -0.25) is 0 Å². The van der Waals surface area contributed by atoms with Gasteiger partial charge in [-0.2, -0.15) is 0 Å². The topological polar surface area (TPSA) is 0 Å². The van der Waals surface area contributed by atoms with Crippen molar-refractivity contribution in [3.8, 4) is 0 Å². The first-order valence-electron chi connectivity index (χ1n) is 9.45. The molecule has 1 fully saturated rings. The van der Waals surface area contributed by atoms with Crippen molar-refractivity contribution in [1.82, 2.24) is 0 Å². The van der Waals surface area contributed by atoms with Crippen LogP contribution in [-0.4, -0.2) is 0 Å². The molecule has 0 radical (unpaired) electrons. The number of rotatable bonds is 4. The quantitative estimate of drug-likeness (QED) is 0.468. The predicted molar refractivity (Wildman–Crippen MR) is 110 cm³/mol. The highest BCUT2D eigenvalue weighted by Crippen LogP contribution is 2.61. The number of benzene rings is 3. The van der Waals surface area contributed by atoms with E-state index >= 15 is 0 Å². The molecule has 0 aromatic heterocycles. The largest absolute Gasteiger partial charge is 0.111 e. The summed E-state index contributed by atoms with van der Waals surface area (Å²) < 4.78 is 0. The Balaban J connectivity index is 1.92. The molecule has 3 aromatic rings. The van der Waals surface area contributed by atoms with E-state index < -0.39 is 0 Å². The van der Waals surface area contributed by atoms with Crippen LogP contribution in [0.3, 0.4) is 0 Å². The Labute approximate surface area is 156 Å². The zero-order valence-electron chi connectivity index (χ0n) is 15.4. The molecule has 1 saturated carbocycles. The Hall–Kier alpha value is -2.82. The molecule has 0 unspecified atom stereocenters. The van der Waals surface area contributed by atoms with Gasteiger partial charge < -0.3 is 0 Å². The fourth-order valence-corrected chi connectivity index (χ4v) is 4.26. The Morgan fingerprint density at radius 3 is 1.69 bits per heavy atom. The number of hydrogen-bond donors (Lipinski definition) is 0. The zero-order chi connectivity index (χ0) is 18.0. The molecule has 1 aliphatic carbocycles. The molecule has 0 N–H and O–H groups in total. The average molecular weight is 336 g/mol. The summed E-state index contributed by atoms with van der Waals surface area (Å²) in [7, 11) is 0. The van der Waals surface area contributed by atoms with Gasteiger partial charge in [0.25, 0.3) is 0 Å². The zero-order valence-corrected chi connectivity index (χ0v) is 15.4. The molecule has 0 saturated heterocycles. The van der Waals surface area contributed by atoms with E-state index in [0.29, 0.717) is 5.92 Å². The first-order chi connectivity index (χ1) is 12.8. The van der Waals surface area contributed by atoms with E-state index in [1.54, 1.807) is 0 Å². The summed E-state index contributed by atoms with van der Waals surface area (Å²) >= 11 is 0. The molecule has 1 aliphatic rings. The maximum absolute atomic E-state index is 3.85. The van der Waals surface area contributed by atoms with Crippen molar-refractivity contribution in [2.24, 2.45) is 5.92 Å². The molecule has 0 amide bonds. The fraction of sp³-hybridized carbons (Fsp3) is 0.192. The van der Waals surface area contributed by atoms with Crippen molar-refractivity contribution in [3.05, 3.63) is 119 Å². The van der Waals surface area contributed by atoms with Gasteiger partial charge in [-0.1, -0.05) is 105 Å². The highest BCUT2D eigenvalue weighted by atomic mass is 14.6. The molecule has 0 heteroatoms. The van der Waals surface area contributed by atoms with Crippen LogP contribution in [0.1, 0.15) is 37.0 Å². The highest BCUT2D eigenvalue weighted by Gasteiger charge is 2.56. The van der Waals surface area contributed by atoms with Gasteiger partial charge in [-0.25, -0.2) is 0 Å². The second-order valence-electron chi connectivity index (χ2n) is 7.06. The van der Waals surface area contributed by atoms with Gasteiger partial charge in [-0.15, -0.1) is 5.73 Å². The molecule has 0 bridgehead atoms. The van der Waals surface area contributed by atoms with Gasteiger partial charge in [-0.05, 0) is 34.6 Å². The number of hydrogen-bond acceptors (Lipinski definition) is 0. The van der Waals surface area contributed by atoms with Crippen LogP contribution in [0, 0.1) is 5.92 Å². The lowest BCUT2D eigenvalue weighted by Gasteiger charge is -2.13. The van der Waals surface area contributed by atoms with Gasteiger partial charge in [0.05, 0.1) is 0 Å². The first-order valence-corrected chi connectivity index (χ1v) is 9.45. The monoisotopic (exact) mass is 336 g/mol. The van der Waals surface area contributed by atoms with Crippen molar-refractivity contribution >= 4 is 5.57 Å². The van der Waals surface area contributed by atoms with Gasteiger partial charge in [0.1, 0.15) is 0 Å². The van der Waals surface area contributed by atoms with Crippen molar-refractivity contribution in [3.63, 3.8) is 0 Å². The van der Waals surface area contributed by atoms with Crippen LogP contribution < -0.4 is 0 Å². The summed E-state index contributed by atoms with van der Waals surface area (Å²) in [5.41, 5.74) is 10.5. The van der Waals surface area contributed by atoms with E-state index in [-0.39, 0.29) is 5.41 Å². The standard InChI is InChI=1S/C26H24/c1-3-26(23-17-11-6-12-18-23)20(2)25(26)19-24(21-13-7-4-8-14-21)22-15-9-5-10-16-22/h4-18,20H,3H2,1-2H3/t20-,26+/m0/s1. The first kappa shape index (κ1) is 16.6. The van der Waals surface area contributed by atoms with Crippen LogP contribution >= 0.6 is 0 Å². The van der Waals surface area contributed by atoms with Crippen LogP contribution in [0.15, 0.2) is 102 Å². The highest BCUT2D eigenvalue weighted by molar-refractivity contribution is 5.80. The molecule has 0 aliphatic heterocycles. The van der Waals surface area contributed by atoms with Crippen LogP contribution in [0.25, 0.3) is 5.57 Å². The van der Waals surface area contributed by atoms with E-state index in [9.17, 15) is 0 Å². The summed E-state index contributed by atoms with van der Waals surface area (Å²) in [6.45, 7) is 4.63. The molecular weight excluding hydrogens is 312 g/mol. The summed E-state index contributed by atoms with van der Waals surface area (Å²) in [4.78, 5) is 0. The minimum Gasteiger partial charge on any atom is -0.111 e. The van der Waals surface area contributed by atoms with Crippen LogP contribution in [-0.2, 0) is 5.41 Å². The van der Waals surface area contributed by atoms with E-state index in [2.05, 4.69) is 111 Å². The Kier molecular flexibility index (Phi) is 4.37. The van der Waals surface area contributed by atoms with E-state index in [0.717, 1.165) is 6.42 Å². The smallest absolute Gasteiger partial charge is 0.0309 e. The third kappa shape index (κ3) is 2.73. The van der Waals surface area contributed by atoms with Crippen molar-refractivity contribution in [1.29, 1.82) is 0 Å². The van der Waals surface area contributed by atoms with Crippen molar-refractivity contribution in [2.45, 2.75) is 25.7 Å². The minimum atomic E-state index is 0.135. The summed E-state index contributed by atoms with van der Waals surface area (Å²) in [5.74, 6) is 0.525. The maximum atomic E-state index is 3.85. The maximum Gasteiger partial charge on any atom is 0.0309 e. The number of allylic oxidation sites excluding steroid dienone is 1. The second-order valence-corrected chi connectivity index (χ2v) is 7.06. The van der Waals surface area contributed by atoms with E-state index in [4.69, 9.17) is 0 Å². The van der Waals surface area contributed by atoms with Crippen LogP contribution in [0.5, 0.6) is 0 Å². The molecule has 26 heavy (non-hydrogen) atoms. The molecule has 3 aromatic carbocycles. The molecule has 4 rings (SSSR count). The van der Waals surface area contributed by atoms with Crippen LogP contribution in [0.4, 0.5) is 0 Å². The summed E-state index contributed by atoms with van der Waals surface area (Å²) in [5, 5.41) is 0. The SMILES string of the molecule is CC[C@@]1(c2ccccc2)C(=C=C(c2ccccc2)c2ccccc2)[C@@H]1C. The van der Waals surface area contributed by atoms with Crippen LogP contribution in [0.2, 0.25) is 0 Å². The van der Waals surface area contributed by atoms with Crippen molar-refractivity contribution in [2.75, 3.05) is 0 Å². The van der Waals surface area contributed by atoms with Gasteiger partial charge in [0.15, 0.2) is 0 Å². The van der Waals surface area contributed by atoms with Gasteiger partial charge >= 0.3 is 0 Å². The third-order valence-corrected chi connectivity index (χ3v) is 5.80. The molecule has 128 valence electrons. The Morgan fingerprint density at radius 1 is 0.769 bits per heavy atom. The molecule has 0 nitrogen and oxygen atoms in total. The van der Waals surface area contributed by atoms with E-state index in [1.165, 1.54) is 27.8 Å². The molecule has 2 atom stereocenters.